The van der Waals surface area contributed by atoms with Crippen molar-refractivity contribution in [1.29, 1.82) is 0 Å². The van der Waals surface area contributed by atoms with Crippen molar-refractivity contribution in [3.8, 4) is 5.69 Å². The fourth-order valence-corrected chi connectivity index (χ4v) is 3.20. The Bertz CT molecular complexity index is 1220. The highest BCUT2D eigenvalue weighted by atomic mass is 16.5. The summed E-state index contributed by atoms with van der Waals surface area (Å²) in [7, 11) is 0. The van der Waals surface area contributed by atoms with Crippen LogP contribution in [0.1, 0.15) is 32.0 Å². The molecule has 0 atom stereocenters. The molecule has 160 valence electrons. The third kappa shape index (κ3) is 4.86. The van der Waals surface area contributed by atoms with Crippen molar-refractivity contribution in [2.45, 2.75) is 13.5 Å². The first kappa shape index (κ1) is 20.9. The highest BCUT2D eigenvalue weighted by Crippen LogP contribution is 2.15. The van der Waals surface area contributed by atoms with Crippen molar-refractivity contribution < 1.29 is 14.3 Å². The van der Waals surface area contributed by atoms with Crippen LogP contribution in [0.25, 0.3) is 5.69 Å². The molecule has 2 aromatic carbocycles. The number of ether oxygens (including phenoxy) is 1. The molecule has 0 aliphatic heterocycles. The minimum Gasteiger partial charge on any atom is -0.454 e. The molecule has 8 heteroatoms. The summed E-state index contributed by atoms with van der Waals surface area (Å²) >= 11 is 0. The molecule has 0 amide bonds. The highest BCUT2D eigenvalue weighted by molar-refractivity contribution is 6.00. The van der Waals surface area contributed by atoms with Crippen LogP contribution >= 0.6 is 0 Å². The monoisotopic (exact) mass is 427 g/mol. The molecule has 0 bridgehead atoms. The summed E-state index contributed by atoms with van der Waals surface area (Å²) in [5.74, 6) is -0.181. The largest absolute Gasteiger partial charge is 0.454 e. The summed E-state index contributed by atoms with van der Waals surface area (Å²) in [5.41, 5.74) is 3.22. The second-order valence-electron chi connectivity index (χ2n) is 7.04. The number of nitrogens with zero attached hydrogens (tertiary/aromatic N) is 4. The van der Waals surface area contributed by atoms with Gasteiger partial charge in [0, 0.05) is 12.7 Å². The number of hydrogen-bond acceptors (Lipinski definition) is 7. The van der Waals surface area contributed by atoms with Crippen LogP contribution in [-0.2, 0) is 11.3 Å². The van der Waals surface area contributed by atoms with Gasteiger partial charge < -0.3 is 10.1 Å². The minimum absolute atomic E-state index is 0.306. The van der Waals surface area contributed by atoms with Gasteiger partial charge in [0.15, 0.2) is 6.61 Å². The van der Waals surface area contributed by atoms with Crippen LogP contribution in [0.2, 0.25) is 0 Å². The van der Waals surface area contributed by atoms with E-state index in [0.717, 1.165) is 11.3 Å². The maximum atomic E-state index is 12.6. The van der Waals surface area contributed by atoms with Gasteiger partial charge in [-0.3, -0.25) is 4.79 Å². The van der Waals surface area contributed by atoms with Gasteiger partial charge >= 0.3 is 5.97 Å². The second-order valence-corrected chi connectivity index (χ2v) is 7.04. The van der Waals surface area contributed by atoms with E-state index in [-0.39, 0.29) is 12.4 Å². The molecule has 1 N–H and O–H groups in total. The molecular weight excluding hydrogens is 406 g/mol. The van der Waals surface area contributed by atoms with E-state index in [1.807, 2.05) is 43.3 Å². The Morgan fingerprint density at radius 2 is 1.91 bits per heavy atom. The molecule has 2 heterocycles. The quantitative estimate of drug-likeness (QED) is 0.339. The normalized spacial score (nSPS) is 10.5. The number of aromatic nitrogens is 4. The van der Waals surface area contributed by atoms with Gasteiger partial charge in [0.2, 0.25) is 5.78 Å². The number of carbonyl (C=O) groups is 2. The topological polar surface area (TPSA) is 99.0 Å². The first-order chi connectivity index (χ1) is 15.6. The summed E-state index contributed by atoms with van der Waals surface area (Å²) in [5, 5.41) is 7.44. The fraction of sp³-hybridized carbons (Fsp3) is 0.125. The SMILES string of the molecule is Cc1c(C(=O)COC(=O)c2cccc(CNc3ccncn3)c2)cnn1-c1ccccc1. The summed E-state index contributed by atoms with van der Waals surface area (Å²) in [6, 6.07) is 18.3. The third-order valence-electron chi connectivity index (χ3n) is 4.86. The molecule has 0 aliphatic rings. The van der Waals surface area contributed by atoms with Crippen LogP contribution in [0.3, 0.4) is 0 Å². The number of anilines is 1. The number of nitrogens with one attached hydrogen (secondary N) is 1. The van der Waals surface area contributed by atoms with Crippen molar-refractivity contribution in [2.24, 2.45) is 0 Å². The second kappa shape index (κ2) is 9.65. The Morgan fingerprint density at radius 3 is 2.69 bits per heavy atom. The number of benzene rings is 2. The van der Waals surface area contributed by atoms with Gasteiger partial charge in [-0.1, -0.05) is 30.3 Å². The first-order valence-corrected chi connectivity index (χ1v) is 10.0. The lowest BCUT2D eigenvalue weighted by atomic mass is 10.1. The molecule has 0 saturated heterocycles. The van der Waals surface area contributed by atoms with Crippen molar-refractivity contribution in [2.75, 3.05) is 11.9 Å². The zero-order valence-electron chi connectivity index (χ0n) is 17.4. The van der Waals surface area contributed by atoms with Crippen molar-refractivity contribution >= 4 is 17.6 Å². The van der Waals surface area contributed by atoms with Crippen LogP contribution in [0.15, 0.2) is 79.4 Å². The minimum atomic E-state index is -0.560. The van der Waals surface area contributed by atoms with E-state index in [1.54, 1.807) is 35.1 Å². The average Bonchev–Trinajstić information content (AvgIpc) is 3.23. The summed E-state index contributed by atoms with van der Waals surface area (Å²) in [6.07, 6.45) is 4.60. The van der Waals surface area contributed by atoms with Crippen LogP contribution in [-0.4, -0.2) is 38.1 Å². The van der Waals surface area contributed by atoms with Gasteiger partial charge in [-0.05, 0) is 42.8 Å². The van der Waals surface area contributed by atoms with Gasteiger partial charge in [-0.2, -0.15) is 5.10 Å². The lowest BCUT2D eigenvalue weighted by Gasteiger charge is -2.08. The molecule has 0 fully saturated rings. The average molecular weight is 427 g/mol. The lowest BCUT2D eigenvalue weighted by Crippen LogP contribution is -2.15. The zero-order valence-corrected chi connectivity index (χ0v) is 17.4. The van der Waals surface area contributed by atoms with Crippen LogP contribution in [0, 0.1) is 6.92 Å². The Balaban J connectivity index is 1.37. The van der Waals surface area contributed by atoms with Gasteiger partial charge in [-0.25, -0.2) is 19.4 Å². The van der Waals surface area contributed by atoms with E-state index in [9.17, 15) is 9.59 Å². The Labute approximate surface area is 184 Å². The van der Waals surface area contributed by atoms with Gasteiger partial charge in [0.1, 0.15) is 12.1 Å². The standard InChI is InChI=1S/C24H21N5O3/c1-17-21(14-28-29(17)20-8-3-2-4-9-20)22(30)15-32-24(31)19-7-5-6-18(12-19)13-26-23-10-11-25-16-27-23/h2-12,14,16H,13,15H2,1H3,(H,25,26,27). The van der Waals surface area contributed by atoms with Gasteiger partial charge in [-0.15, -0.1) is 0 Å². The highest BCUT2D eigenvalue weighted by Gasteiger charge is 2.17. The fourth-order valence-electron chi connectivity index (χ4n) is 3.20. The van der Waals surface area contributed by atoms with Crippen LogP contribution < -0.4 is 5.32 Å². The Hall–Kier alpha value is -4.33. The lowest BCUT2D eigenvalue weighted by molar-refractivity contribution is 0.0474. The summed E-state index contributed by atoms with van der Waals surface area (Å²) < 4.78 is 6.95. The van der Waals surface area contributed by atoms with Gasteiger partial charge in [0.25, 0.3) is 0 Å². The number of Topliss-reactive ketones (excluding diaryl/α,β-unsaturated/α-hetero) is 1. The number of para-hydroxylation sites is 1. The third-order valence-corrected chi connectivity index (χ3v) is 4.86. The molecule has 0 saturated carbocycles. The predicted octanol–water partition coefficient (Wildman–Crippen LogP) is 3.62. The molecular formula is C24H21N5O3. The Kier molecular flexibility index (Phi) is 6.31. The zero-order chi connectivity index (χ0) is 22.3. The summed E-state index contributed by atoms with van der Waals surface area (Å²) in [4.78, 5) is 33.1. The molecule has 0 aliphatic carbocycles. The number of rotatable bonds is 8. The number of ketones is 1. The van der Waals surface area contributed by atoms with E-state index >= 15 is 0 Å². The molecule has 4 rings (SSSR count). The van der Waals surface area contributed by atoms with Gasteiger partial charge in [0.05, 0.1) is 28.7 Å². The molecule has 8 nitrogen and oxygen atoms in total. The first-order valence-electron chi connectivity index (χ1n) is 10.0. The van der Waals surface area contributed by atoms with Crippen LogP contribution in [0.4, 0.5) is 5.82 Å². The smallest absolute Gasteiger partial charge is 0.338 e. The van der Waals surface area contributed by atoms with Crippen molar-refractivity contribution in [3.05, 3.63) is 102 Å². The van der Waals surface area contributed by atoms with E-state index in [4.69, 9.17) is 4.74 Å². The van der Waals surface area contributed by atoms with E-state index in [2.05, 4.69) is 20.4 Å². The molecule has 0 radical (unpaired) electrons. The van der Waals surface area contributed by atoms with Crippen LogP contribution in [0.5, 0.6) is 0 Å². The van der Waals surface area contributed by atoms with E-state index in [1.165, 1.54) is 12.5 Å². The molecule has 0 unspecified atom stereocenters. The number of carbonyl (C=O) groups excluding carboxylic acids is 2. The Morgan fingerprint density at radius 1 is 1.06 bits per heavy atom. The van der Waals surface area contributed by atoms with E-state index < -0.39 is 5.97 Å². The maximum Gasteiger partial charge on any atom is 0.338 e. The molecule has 4 aromatic rings. The molecule has 2 aromatic heterocycles. The van der Waals surface area contributed by atoms with E-state index in [0.29, 0.717) is 29.2 Å². The predicted molar refractivity (Wildman–Crippen MR) is 119 cm³/mol. The van der Waals surface area contributed by atoms with Crippen molar-refractivity contribution in [3.63, 3.8) is 0 Å². The number of hydrogen-bond donors (Lipinski definition) is 1. The summed E-state index contributed by atoms with van der Waals surface area (Å²) in [6.45, 7) is 1.93. The molecule has 32 heavy (non-hydrogen) atoms. The van der Waals surface area contributed by atoms with Crippen molar-refractivity contribution in [1.82, 2.24) is 19.7 Å². The maximum absolute atomic E-state index is 12.6. The number of esters is 1. The molecule has 0 spiro atoms.